The molecule has 0 saturated heterocycles. The third kappa shape index (κ3) is 2.59. The largest absolute Gasteiger partial charge is 0.354 e. The Morgan fingerprint density at radius 1 is 1.44 bits per heavy atom. The van der Waals surface area contributed by atoms with Gasteiger partial charge in [0.1, 0.15) is 5.82 Å². The molecule has 3 nitrogen and oxygen atoms in total. The highest BCUT2D eigenvalue weighted by atomic mass is 79.9. The van der Waals surface area contributed by atoms with Crippen molar-refractivity contribution in [2.24, 2.45) is 0 Å². The molecule has 0 aliphatic carbocycles. The van der Waals surface area contributed by atoms with Crippen LogP contribution < -0.4 is 4.90 Å². The summed E-state index contributed by atoms with van der Waals surface area (Å²) in [5.41, 5.74) is 2.99. The van der Waals surface area contributed by atoms with Crippen LogP contribution in [0.1, 0.15) is 10.6 Å². The van der Waals surface area contributed by atoms with Crippen molar-refractivity contribution in [2.75, 3.05) is 11.9 Å². The monoisotopic (exact) mass is 297 g/mol. The van der Waals surface area contributed by atoms with Gasteiger partial charge in [0.2, 0.25) is 0 Å². The highest BCUT2D eigenvalue weighted by Crippen LogP contribution is 2.20. The van der Waals surface area contributed by atoms with Crippen LogP contribution in [0.25, 0.3) is 0 Å². The van der Waals surface area contributed by atoms with Gasteiger partial charge in [-0.15, -0.1) is 11.3 Å². The SMILES string of the molecule is Cc1ncsc1CN(C)c1cc(Br)ccn1. The Kier molecular flexibility index (Phi) is 3.56. The van der Waals surface area contributed by atoms with E-state index in [1.807, 2.05) is 31.6 Å². The van der Waals surface area contributed by atoms with Crippen LogP contribution >= 0.6 is 27.3 Å². The van der Waals surface area contributed by atoms with Crippen LogP contribution in [-0.2, 0) is 6.54 Å². The summed E-state index contributed by atoms with van der Waals surface area (Å²) in [5, 5.41) is 0. The molecule has 0 fully saturated rings. The molecule has 5 heteroatoms. The van der Waals surface area contributed by atoms with E-state index in [1.165, 1.54) is 4.88 Å². The van der Waals surface area contributed by atoms with E-state index in [0.717, 1.165) is 22.5 Å². The molecule has 0 amide bonds. The molecule has 0 N–H and O–H groups in total. The Balaban J connectivity index is 2.14. The molecule has 0 radical (unpaired) electrons. The zero-order valence-electron chi connectivity index (χ0n) is 9.14. The summed E-state index contributed by atoms with van der Waals surface area (Å²) in [4.78, 5) is 12.0. The number of nitrogens with zero attached hydrogens (tertiary/aromatic N) is 3. The number of thiazole rings is 1. The second-order valence-electron chi connectivity index (χ2n) is 3.55. The first-order chi connectivity index (χ1) is 7.66. The zero-order chi connectivity index (χ0) is 11.5. The Hall–Kier alpha value is -0.940. The molecule has 2 aromatic heterocycles. The normalized spacial score (nSPS) is 10.4. The summed E-state index contributed by atoms with van der Waals surface area (Å²) < 4.78 is 1.05. The maximum Gasteiger partial charge on any atom is 0.129 e. The molecule has 84 valence electrons. The van der Waals surface area contributed by atoms with Gasteiger partial charge in [0.15, 0.2) is 0 Å². The van der Waals surface area contributed by atoms with Crippen molar-refractivity contribution in [3.63, 3.8) is 0 Å². The van der Waals surface area contributed by atoms with E-state index in [0.29, 0.717) is 0 Å². The molecule has 0 aromatic carbocycles. The number of aryl methyl sites for hydroxylation is 1. The third-order valence-corrected chi connectivity index (χ3v) is 3.74. The Bertz CT molecular complexity index is 484. The Morgan fingerprint density at radius 3 is 2.88 bits per heavy atom. The van der Waals surface area contributed by atoms with Gasteiger partial charge in [-0.3, -0.25) is 0 Å². The number of rotatable bonds is 3. The minimum Gasteiger partial charge on any atom is -0.354 e. The van der Waals surface area contributed by atoms with Gasteiger partial charge in [-0.1, -0.05) is 15.9 Å². The number of hydrogen-bond acceptors (Lipinski definition) is 4. The average molecular weight is 298 g/mol. The van der Waals surface area contributed by atoms with Crippen molar-refractivity contribution in [3.8, 4) is 0 Å². The molecule has 0 bridgehead atoms. The summed E-state index contributed by atoms with van der Waals surface area (Å²) in [6.45, 7) is 2.88. The fourth-order valence-corrected chi connectivity index (χ4v) is 2.53. The lowest BCUT2D eigenvalue weighted by Gasteiger charge is -2.17. The molecule has 0 unspecified atom stereocenters. The predicted molar refractivity (Wildman–Crippen MR) is 70.9 cm³/mol. The molecule has 2 rings (SSSR count). The minimum atomic E-state index is 0.847. The van der Waals surface area contributed by atoms with E-state index >= 15 is 0 Å². The molecule has 2 aromatic rings. The van der Waals surface area contributed by atoms with Crippen molar-refractivity contribution in [3.05, 3.63) is 38.9 Å². The van der Waals surface area contributed by atoms with Crippen LogP contribution in [-0.4, -0.2) is 17.0 Å². The number of hydrogen-bond donors (Lipinski definition) is 0. The van der Waals surface area contributed by atoms with Crippen molar-refractivity contribution < 1.29 is 0 Å². The van der Waals surface area contributed by atoms with Crippen molar-refractivity contribution in [1.29, 1.82) is 0 Å². The van der Waals surface area contributed by atoms with E-state index in [2.05, 4.69) is 30.8 Å². The lowest BCUT2D eigenvalue weighted by molar-refractivity contribution is 0.900. The second kappa shape index (κ2) is 4.93. The van der Waals surface area contributed by atoms with Crippen molar-refractivity contribution in [2.45, 2.75) is 13.5 Å². The maximum absolute atomic E-state index is 4.33. The molecule has 0 aliphatic heterocycles. The second-order valence-corrected chi connectivity index (χ2v) is 5.40. The van der Waals surface area contributed by atoms with Gasteiger partial charge >= 0.3 is 0 Å². The fourth-order valence-electron chi connectivity index (χ4n) is 1.38. The van der Waals surface area contributed by atoms with Crippen molar-refractivity contribution in [1.82, 2.24) is 9.97 Å². The van der Waals surface area contributed by atoms with Gasteiger partial charge < -0.3 is 4.90 Å². The van der Waals surface area contributed by atoms with Gasteiger partial charge in [-0.2, -0.15) is 0 Å². The number of anilines is 1. The number of pyridine rings is 1. The molecule has 0 aliphatic rings. The fraction of sp³-hybridized carbons (Fsp3) is 0.273. The van der Waals surface area contributed by atoms with Gasteiger partial charge in [-0.05, 0) is 19.1 Å². The molecular formula is C11H12BrN3S. The maximum atomic E-state index is 4.33. The van der Waals surface area contributed by atoms with Crippen LogP contribution in [0.3, 0.4) is 0 Å². The van der Waals surface area contributed by atoms with Crippen LogP contribution in [0, 0.1) is 6.92 Å². The first-order valence-electron chi connectivity index (χ1n) is 4.88. The predicted octanol–water partition coefficient (Wildman–Crippen LogP) is 3.25. The molecule has 0 saturated carbocycles. The first-order valence-corrected chi connectivity index (χ1v) is 6.56. The average Bonchev–Trinajstić information content (AvgIpc) is 2.64. The van der Waals surface area contributed by atoms with Gasteiger partial charge in [0, 0.05) is 22.6 Å². The topological polar surface area (TPSA) is 29.0 Å². The highest BCUT2D eigenvalue weighted by Gasteiger charge is 2.07. The zero-order valence-corrected chi connectivity index (χ0v) is 11.5. The van der Waals surface area contributed by atoms with Crippen LogP contribution in [0.15, 0.2) is 28.3 Å². The lowest BCUT2D eigenvalue weighted by Crippen LogP contribution is -2.17. The van der Waals surface area contributed by atoms with Gasteiger partial charge in [-0.25, -0.2) is 9.97 Å². The Labute approximate surface area is 107 Å². The molecule has 0 spiro atoms. The summed E-state index contributed by atoms with van der Waals surface area (Å²) in [6, 6.07) is 3.94. The molecule has 0 atom stereocenters. The number of aromatic nitrogens is 2. The van der Waals surface area contributed by atoms with E-state index in [1.54, 1.807) is 17.5 Å². The quantitative estimate of drug-likeness (QED) is 0.871. The van der Waals surface area contributed by atoms with Gasteiger partial charge in [0.05, 0.1) is 17.7 Å². The first kappa shape index (κ1) is 11.5. The van der Waals surface area contributed by atoms with E-state index < -0.39 is 0 Å². The van der Waals surface area contributed by atoms with Crippen LogP contribution in [0.4, 0.5) is 5.82 Å². The smallest absolute Gasteiger partial charge is 0.129 e. The summed E-state index contributed by atoms with van der Waals surface area (Å²) in [7, 11) is 2.04. The lowest BCUT2D eigenvalue weighted by atomic mass is 10.3. The standard InChI is InChI=1S/C11H12BrN3S/c1-8-10(16-7-14-8)6-15(2)11-5-9(12)3-4-13-11/h3-5,7H,6H2,1-2H3. The van der Waals surface area contributed by atoms with E-state index in [-0.39, 0.29) is 0 Å². The van der Waals surface area contributed by atoms with Crippen LogP contribution in [0.5, 0.6) is 0 Å². The molecular weight excluding hydrogens is 286 g/mol. The molecule has 2 heterocycles. The number of halogens is 1. The van der Waals surface area contributed by atoms with Crippen LogP contribution in [0.2, 0.25) is 0 Å². The van der Waals surface area contributed by atoms with Crippen molar-refractivity contribution >= 4 is 33.1 Å². The summed E-state index contributed by atoms with van der Waals surface area (Å²) in [5.74, 6) is 0.960. The summed E-state index contributed by atoms with van der Waals surface area (Å²) >= 11 is 5.13. The van der Waals surface area contributed by atoms with Gasteiger partial charge in [0.25, 0.3) is 0 Å². The Morgan fingerprint density at radius 2 is 2.25 bits per heavy atom. The van der Waals surface area contributed by atoms with E-state index in [4.69, 9.17) is 0 Å². The third-order valence-electron chi connectivity index (χ3n) is 2.32. The molecule has 16 heavy (non-hydrogen) atoms. The highest BCUT2D eigenvalue weighted by molar-refractivity contribution is 9.10. The summed E-state index contributed by atoms with van der Waals surface area (Å²) in [6.07, 6.45) is 1.80. The van der Waals surface area contributed by atoms with E-state index in [9.17, 15) is 0 Å². The minimum absolute atomic E-state index is 0.847.